The molecule has 1 aromatic rings. The molecule has 0 spiro atoms. The summed E-state index contributed by atoms with van der Waals surface area (Å²) in [4.78, 5) is 12.1. The Hall–Kier alpha value is -0.720. The summed E-state index contributed by atoms with van der Waals surface area (Å²) in [6.07, 6.45) is 1.51. The molecule has 76 valence electrons. The molecule has 0 saturated carbocycles. The van der Waals surface area contributed by atoms with Gasteiger partial charge in [0.15, 0.2) is 0 Å². The molecule has 14 heavy (non-hydrogen) atoms. The molecule has 2 rings (SSSR count). The van der Waals surface area contributed by atoms with Gasteiger partial charge in [0.05, 0.1) is 0 Å². The number of rotatable bonds is 1. The van der Waals surface area contributed by atoms with Crippen LogP contribution in [0.1, 0.15) is 16.9 Å². The highest BCUT2D eigenvalue weighted by molar-refractivity contribution is 7.91. The first-order valence-electron chi connectivity index (χ1n) is 4.13. The lowest BCUT2D eigenvalue weighted by Gasteiger charge is -2.07. The van der Waals surface area contributed by atoms with Gasteiger partial charge in [0.1, 0.15) is 9.99 Å². The number of thiophene rings is 1. The highest BCUT2D eigenvalue weighted by atomic mass is 32.2. The summed E-state index contributed by atoms with van der Waals surface area (Å²) in [5.74, 6) is 0.163. The summed E-state index contributed by atoms with van der Waals surface area (Å²) in [5.41, 5.74) is 0.829. The summed E-state index contributed by atoms with van der Waals surface area (Å²) in [6, 6.07) is 1.52. The van der Waals surface area contributed by atoms with Gasteiger partial charge in [-0.05, 0) is 18.1 Å². The van der Waals surface area contributed by atoms with Crippen molar-refractivity contribution in [3.8, 4) is 0 Å². The Bertz CT molecular complexity index is 487. The molecule has 0 unspecified atom stereocenters. The van der Waals surface area contributed by atoms with Crippen LogP contribution < -0.4 is 5.14 Å². The third-order valence-corrected chi connectivity index (χ3v) is 4.83. The Morgan fingerprint density at radius 1 is 1.36 bits per heavy atom. The third-order valence-electron chi connectivity index (χ3n) is 2.17. The molecule has 0 aliphatic heterocycles. The molecule has 1 aliphatic rings. The van der Waals surface area contributed by atoms with Crippen LogP contribution in [0.3, 0.4) is 0 Å². The van der Waals surface area contributed by atoms with Crippen LogP contribution in [-0.2, 0) is 27.7 Å². The van der Waals surface area contributed by atoms with Gasteiger partial charge in [0.2, 0.25) is 10.0 Å². The summed E-state index contributed by atoms with van der Waals surface area (Å²) in [6.45, 7) is 0. The van der Waals surface area contributed by atoms with Crippen LogP contribution in [0.4, 0.5) is 0 Å². The van der Waals surface area contributed by atoms with Crippen molar-refractivity contribution in [3.63, 3.8) is 0 Å². The second kappa shape index (κ2) is 3.15. The van der Waals surface area contributed by atoms with Gasteiger partial charge in [-0.25, -0.2) is 13.6 Å². The van der Waals surface area contributed by atoms with Crippen molar-refractivity contribution in [2.75, 3.05) is 0 Å². The maximum absolute atomic E-state index is 11.1. The Morgan fingerprint density at radius 3 is 2.71 bits per heavy atom. The number of carbonyl (C=O) groups is 1. The highest BCUT2D eigenvalue weighted by Gasteiger charge is 2.21. The van der Waals surface area contributed by atoms with Gasteiger partial charge in [0, 0.05) is 17.7 Å². The highest BCUT2D eigenvalue weighted by Crippen LogP contribution is 2.30. The van der Waals surface area contributed by atoms with Gasteiger partial charge in [-0.15, -0.1) is 11.3 Å². The van der Waals surface area contributed by atoms with Gasteiger partial charge in [-0.2, -0.15) is 0 Å². The Kier molecular flexibility index (Phi) is 2.21. The summed E-state index contributed by atoms with van der Waals surface area (Å²) in [5, 5.41) is 5.00. The lowest BCUT2D eigenvalue weighted by atomic mass is 9.98. The molecule has 1 aromatic heterocycles. The molecule has 0 bridgehead atoms. The van der Waals surface area contributed by atoms with Crippen molar-refractivity contribution in [1.29, 1.82) is 0 Å². The minimum Gasteiger partial charge on any atom is -0.299 e. The van der Waals surface area contributed by atoms with Crippen LogP contribution in [0, 0.1) is 0 Å². The minimum absolute atomic E-state index is 0.163. The van der Waals surface area contributed by atoms with E-state index >= 15 is 0 Å². The molecule has 4 nitrogen and oxygen atoms in total. The number of hydrogen-bond donors (Lipinski definition) is 1. The lowest BCUT2D eigenvalue weighted by Crippen LogP contribution is -2.11. The molecule has 1 aliphatic carbocycles. The number of sulfonamides is 1. The van der Waals surface area contributed by atoms with Crippen molar-refractivity contribution in [1.82, 2.24) is 0 Å². The van der Waals surface area contributed by atoms with Crippen LogP contribution >= 0.6 is 11.3 Å². The van der Waals surface area contributed by atoms with Crippen molar-refractivity contribution in [2.24, 2.45) is 5.14 Å². The van der Waals surface area contributed by atoms with E-state index in [1.807, 2.05) is 0 Å². The predicted molar refractivity (Wildman–Crippen MR) is 52.7 cm³/mol. The summed E-state index contributed by atoms with van der Waals surface area (Å²) >= 11 is 1.18. The predicted octanol–water partition coefficient (Wildman–Crippen LogP) is 0.453. The third kappa shape index (κ3) is 1.73. The standard InChI is InChI=1S/C8H9NO3S2/c9-14(11,12)8-4-5-3-6(10)1-2-7(5)13-8/h4H,1-3H2,(H2,9,11,12). The van der Waals surface area contributed by atoms with E-state index in [0.717, 1.165) is 10.4 Å². The molecule has 0 saturated heterocycles. The average molecular weight is 231 g/mol. The molecule has 0 aromatic carbocycles. The van der Waals surface area contributed by atoms with Crippen molar-refractivity contribution >= 4 is 27.1 Å². The van der Waals surface area contributed by atoms with Crippen LogP contribution in [0.2, 0.25) is 0 Å². The van der Waals surface area contributed by atoms with Gasteiger partial charge in [-0.1, -0.05) is 0 Å². The number of hydrogen-bond acceptors (Lipinski definition) is 4. The molecule has 0 radical (unpaired) electrons. The molecular weight excluding hydrogens is 222 g/mol. The molecule has 0 fully saturated rings. The van der Waals surface area contributed by atoms with E-state index in [2.05, 4.69) is 0 Å². The van der Waals surface area contributed by atoms with Crippen LogP contribution in [0.15, 0.2) is 10.3 Å². The number of ketones is 1. The number of nitrogens with two attached hydrogens (primary N) is 1. The van der Waals surface area contributed by atoms with Crippen molar-refractivity contribution < 1.29 is 13.2 Å². The molecule has 0 atom stereocenters. The molecular formula is C8H9NO3S2. The quantitative estimate of drug-likeness (QED) is 0.762. The van der Waals surface area contributed by atoms with Crippen LogP contribution in [-0.4, -0.2) is 14.2 Å². The van der Waals surface area contributed by atoms with E-state index in [9.17, 15) is 13.2 Å². The molecule has 6 heteroatoms. The van der Waals surface area contributed by atoms with E-state index in [0.29, 0.717) is 19.3 Å². The maximum Gasteiger partial charge on any atom is 0.247 e. The van der Waals surface area contributed by atoms with E-state index in [-0.39, 0.29) is 9.99 Å². The normalized spacial score (nSPS) is 16.8. The average Bonchev–Trinajstić information content (AvgIpc) is 2.45. The first kappa shape index (κ1) is 9.82. The fraction of sp³-hybridized carbons (Fsp3) is 0.375. The summed E-state index contributed by atoms with van der Waals surface area (Å²) < 4.78 is 22.2. The van der Waals surface area contributed by atoms with Gasteiger partial charge in [-0.3, -0.25) is 4.79 Å². The topological polar surface area (TPSA) is 77.2 Å². The van der Waals surface area contributed by atoms with Crippen LogP contribution in [0.25, 0.3) is 0 Å². The number of aryl methyl sites for hydroxylation is 1. The fourth-order valence-corrected chi connectivity index (χ4v) is 3.48. The van der Waals surface area contributed by atoms with E-state index in [1.165, 1.54) is 17.4 Å². The Balaban J connectivity index is 2.47. The second-order valence-electron chi connectivity index (χ2n) is 3.27. The zero-order valence-electron chi connectivity index (χ0n) is 7.32. The van der Waals surface area contributed by atoms with Crippen molar-refractivity contribution in [3.05, 3.63) is 16.5 Å². The van der Waals surface area contributed by atoms with Gasteiger partial charge < -0.3 is 0 Å². The zero-order valence-corrected chi connectivity index (χ0v) is 8.95. The SMILES string of the molecule is NS(=O)(=O)c1cc2c(s1)CCC(=O)C2. The number of carbonyl (C=O) groups excluding carboxylic acids is 1. The van der Waals surface area contributed by atoms with E-state index in [4.69, 9.17) is 5.14 Å². The molecule has 1 heterocycles. The van der Waals surface area contributed by atoms with E-state index < -0.39 is 10.0 Å². The fourth-order valence-electron chi connectivity index (χ4n) is 1.49. The largest absolute Gasteiger partial charge is 0.299 e. The first-order valence-corrected chi connectivity index (χ1v) is 6.49. The zero-order chi connectivity index (χ0) is 10.3. The Labute approximate surface area is 85.8 Å². The van der Waals surface area contributed by atoms with Crippen LogP contribution in [0.5, 0.6) is 0 Å². The monoisotopic (exact) mass is 231 g/mol. The van der Waals surface area contributed by atoms with Gasteiger partial charge >= 0.3 is 0 Å². The molecule has 2 N–H and O–H groups in total. The number of Topliss-reactive ketones (excluding diaryl/α,β-unsaturated/α-hetero) is 1. The lowest BCUT2D eigenvalue weighted by molar-refractivity contribution is -0.118. The number of fused-ring (bicyclic) bond motifs is 1. The van der Waals surface area contributed by atoms with Crippen molar-refractivity contribution in [2.45, 2.75) is 23.5 Å². The molecule has 0 amide bonds. The second-order valence-corrected chi connectivity index (χ2v) is 6.20. The van der Waals surface area contributed by atoms with E-state index in [1.54, 1.807) is 0 Å². The maximum atomic E-state index is 11.1. The number of primary sulfonamides is 1. The summed E-state index contributed by atoms with van der Waals surface area (Å²) in [7, 11) is -3.61. The smallest absolute Gasteiger partial charge is 0.247 e. The van der Waals surface area contributed by atoms with Gasteiger partial charge in [0.25, 0.3) is 0 Å². The first-order chi connectivity index (χ1) is 6.47. The Morgan fingerprint density at radius 2 is 2.07 bits per heavy atom. The minimum atomic E-state index is -3.61.